The number of halogens is 1. The highest BCUT2D eigenvalue weighted by Crippen LogP contribution is 2.25. The lowest BCUT2D eigenvalue weighted by Gasteiger charge is -2.18. The average Bonchev–Trinajstić information content (AvgIpc) is 2.80. The lowest BCUT2D eigenvalue weighted by Crippen LogP contribution is -2.27. The Morgan fingerprint density at radius 1 is 1.40 bits per heavy atom. The summed E-state index contributed by atoms with van der Waals surface area (Å²) in [5, 5.41) is 4.14. The van der Waals surface area contributed by atoms with E-state index in [1.165, 1.54) is 6.33 Å². The van der Waals surface area contributed by atoms with Gasteiger partial charge in [0, 0.05) is 10.2 Å². The van der Waals surface area contributed by atoms with Gasteiger partial charge < -0.3 is 4.74 Å². The van der Waals surface area contributed by atoms with Crippen LogP contribution in [0.1, 0.15) is 46.4 Å². The predicted molar refractivity (Wildman–Crippen MR) is 79.1 cm³/mol. The van der Waals surface area contributed by atoms with E-state index in [2.05, 4.69) is 31.0 Å². The van der Waals surface area contributed by atoms with Crippen molar-refractivity contribution in [1.29, 1.82) is 0 Å². The van der Waals surface area contributed by atoms with Gasteiger partial charge in [-0.2, -0.15) is 4.68 Å². The first kappa shape index (κ1) is 14.9. The fraction of sp³-hybridized carbons (Fsp3) is 0.538. The summed E-state index contributed by atoms with van der Waals surface area (Å²) >= 11 is 3.47. The fourth-order valence-electron chi connectivity index (χ4n) is 1.68. The number of aromatic nitrogens is 3. The van der Waals surface area contributed by atoms with Crippen molar-refractivity contribution in [2.45, 2.75) is 46.1 Å². The highest BCUT2D eigenvalue weighted by Gasteiger charge is 2.21. The number of hydrogen-bond acceptors (Lipinski definition) is 5. The second-order valence-corrected chi connectivity index (χ2v) is 6.50. The number of allylic oxidation sites excluding steroid dienone is 2. The normalized spacial score (nSPS) is 16.1. The molecule has 0 fully saturated rings. The molecule has 0 bridgehead atoms. The highest BCUT2D eigenvalue weighted by molar-refractivity contribution is 9.11. The lowest BCUT2D eigenvalue weighted by molar-refractivity contribution is 0.0514. The van der Waals surface area contributed by atoms with Gasteiger partial charge >= 0.3 is 6.09 Å². The van der Waals surface area contributed by atoms with Crippen molar-refractivity contribution in [3.05, 3.63) is 22.3 Å². The summed E-state index contributed by atoms with van der Waals surface area (Å²) in [6.07, 6.45) is 2.43. The zero-order chi connectivity index (χ0) is 14.9. The standard InChI is InChI=1S/C13H17BrN4O2/c1-8-9(14)5-6-10(16-8)11-15-7-18(17-11)12(19)20-13(2,3)4/h7H,5-6H2,1-4H3. The van der Waals surface area contributed by atoms with Gasteiger partial charge in [0.1, 0.15) is 11.9 Å². The van der Waals surface area contributed by atoms with Crippen LogP contribution >= 0.6 is 15.9 Å². The summed E-state index contributed by atoms with van der Waals surface area (Å²) in [7, 11) is 0. The molecular weight excluding hydrogens is 324 g/mol. The van der Waals surface area contributed by atoms with Crippen LogP contribution in [0.4, 0.5) is 4.79 Å². The van der Waals surface area contributed by atoms with Crippen LogP contribution in [-0.4, -0.2) is 32.2 Å². The molecule has 0 saturated carbocycles. The maximum absolute atomic E-state index is 11.9. The van der Waals surface area contributed by atoms with Crippen LogP contribution in [0.25, 0.3) is 0 Å². The highest BCUT2D eigenvalue weighted by atomic mass is 79.9. The predicted octanol–water partition coefficient (Wildman–Crippen LogP) is 3.27. The van der Waals surface area contributed by atoms with E-state index in [1.807, 2.05) is 6.92 Å². The summed E-state index contributed by atoms with van der Waals surface area (Å²) in [5.74, 6) is 0.468. The molecule has 0 unspecified atom stereocenters. The van der Waals surface area contributed by atoms with E-state index in [1.54, 1.807) is 20.8 Å². The zero-order valence-corrected chi connectivity index (χ0v) is 13.6. The minimum absolute atomic E-state index is 0.468. The van der Waals surface area contributed by atoms with Gasteiger partial charge in [-0.3, -0.25) is 4.99 Å². The topological polar surface area (TPSA) is 69.4 Å². The first-order valence-electron chi connectivity index (χ1n) is 6.34. The van der Waals surface area contributed by atoms with Gasteiger partial charge in [-0.1, -0.05) is 15.9 Å². The minimum atomic E-state index is -0.560. The Balaban J connectivity index is 2.18. The Hall–Kier alpha value is -1.50. The van der Waals surface area contributed by atoms with Crippen LogP contribution in [0.5, 0.6) is 0 Å². The van der Waals surface area contributed by atoms with Crippen molar-refractivity contribution >= 4 is 27.7 Å². The Morgan fingerprint density at radius 2 is 2.10 bits per heavy atom. The van der Waals surface area contributed by atoms with E-state index in [-0.39, 0.29) is 0 Å². The largest absolute Gasteiger partial charge is 0.442 e. The van der Waals surface area contributed by atoms with Crippen LogP contribution in [0.2, 0.25) is 0 Å². The van der Waals surface area contributed by atoms with Gasteiger partial charge in [0.05, 0.1) is 5.71 Å². The van der Waals surface area contributed by atoms with E-state index >= 15 is 0 Å². The average molecular weight is 341 g/mol. The van der Waals surface area contributed by atoms with Gasteiger partial charge in [-0.15, -0.1) is 5.10 Å². The molecule has 1 aliphatic heterocycles. The smallest absolute Gasteiger partial charge is 0.436 e. The van der Waals surface area contributed by atoms with E-state index in [0.29, 0.717) is 5.82 Å². The van der Waals surface area contributed by atoms with Crippen molar-refractivity contribution in [3.63, 3.8) is 0 Å². The molecule has 0 aromatic carbocycles. The molecule has 6 nitrogen and oxygen atoms in total. The molecule has 0 amide bonds. The second kappa shape index (κ2) is 5.47. The fourth-order valence-corrected chi connectivity index (χ4v) is 1.97. The molecule has 0 spiro atoms. The van der Waals surface area contributed by atoms with Crippen LogP contribution in [0, 0.1) is 0 Å². The van der Waals surface area contributed by atoms with Crippen molar-refractivity contribution in [1.82, 2.24) is 14.8 Å². The minimum Gasteiger partial charge on any atom is -0.442 e. The second-order valence-electron chi connectivity index (χ2n) is 5.54. The number of nitrogens with zero attached hydrogens (tertiary/aromatic N) is 4. The van der Waals surface area contributed by atoms with E-state index in [4.69, 9.17) is 4.74 Å². The Bertz CT molecular complexity index is 596. The Kier molecular flexibility index (Phi) is 4.08. The number of aliphatic imine (C=N–C) groups is 1. The van der Waals surface area contributed by atoms with Gasteiger partial charge in [-0.25, -0.2) is 9.78 Å². The molecule has 0 aliphatic carbocycles. The SMILES string of the molecule is CC1=C(Br)CCC(c2ncn(C(=O)OC(C)(C)C)n2)=N1. The van der Waals surface area contributed by atoms with E-state index in [0.717, 1.165) is 33.4 Å². The summed E-state index contributed by atoms with van der Waals surface area (Å²) in [5.41, 5.74) is 1.14. The molecule has 2 heterocycles. The third kappa shape index (κ3) is 3.53. The van der Waals surface area contributed by atoms with Gasteiger partial charge in [0.25, 0.3) is 0 Å². The molecule has 0 N–H and O–H groups in total. The number of carbonyl (C=O) groups excluding carboxylic acids is 1. The molecule has 0 saturated heterocycles. The van der Waals surface area contributed by atoms with Crippen molar-refractivity contribution < 1.29 is 9.53 Å². The molecule has 1 aromatic heterocycles. The van der Waals surface area contributed by atoms with E-state index in [9.17, 15) is 4.79 Å². The number of ether oxygens (including phenoxy) is 1. The molecule has 1 aromatic rings. The Morgan fingerprint density at radius 3 is 2.70 bits per heavy atom. The number of rotatable bonds is 1. The Labute approximate surface area is 126 Å². The van der Waals surface area contributed by atoms with Gasteiger partial charge in [0.15, 0.2) is 5.82 Å². The first-order valence-corrected chi connectivity index (χ1v) is 7.14. The van der Waals surface area contributed by atoms with Crippen LogP contribution in [0.15, 0.2) is 21.5 Å². The van der Waals surface area contributed by atoms with Crippen molar-refractivity contribution in [3.8, 4) is 0 Å². The maximum Gasteiger partial charge on any atom is 0.436 e. The summed E-state index contributed by atoms with van der Waals surface area (Å²) in [6, 6.07) is 0. The van der Waals surface area contributed by atoms with Crippen LogP contribution < -0.4 is 0 Å². The molecule has 0 radical (unpaired) electrons. The van der Waals surface area contributed by atoms with Crippen LogP contribution in [-0.2, 0) is 4.74 Å². The van der Waals surface area contributed by atoms with Gasteiger partial charge in [0.2, 0.25) is 0 Å². The number of hydrogen-bond donors (Lipinski definition) is 0. The van der Waals surface area contributed by atoms with E-state index < -0.39 is 11.7 Å². The van der Waals surface area contributed by atoms with Crippen molar-refractivity contribution in [2.75, 3.05) is 0 Å². The third-order valence-corrected chi connectivity index (χ3v) is 3.58. The number of carbonyl (C=O) groups is 1. The van der Waals surface area contributed by atoms with Crippen molar-refractivity contribution in [2.24, 2.45) is 4.99 Å². The lowest BCUT2D eigenvalue weighted by atomic mass is 10.1. The molecular formula is C13H17BrN4O2. The monoisotopic (exact) mass is 340 g/mol. The van der Waals surface area contributed by atoms with Gasteiger partial charge in [-0.05, 0) is 40.5 Å². The summed E-state index contributed by atoms with van der Waals surface area (Å²) in [6.45, 7) is 7.34. The summed E-state index contributed by atoms with van der Waals surface area (Å²) in [4.78, 5) is 20.4. The molecule has 0 atom stereocenters. The third-order valence-electron chi connectivity index (χ3n) is 2.61. The quantitative estimate of drug-likeness (QED) is 0.786. The zero-order valence-electron chi connectivity index (χ0n) is 12.0. The molecule has 7 heteroatoms. The molecule has 20 heavy (non-hydrogen) atoms. The maximum atomic E-state index is 11.9. The molecule has 1 aliphatic rings. The molecule has 2 rings (SSSR count). The molecule has 108 valence electrons. The van der Waals surface area contributed by atoms with Crippen LogP contribution in [0.3, 0.4) is 0 Å². The first-order chi connectivity index (χ1) is 9.26. The summed E-state index contributed by atoms with van der Waals surface area (Å²) < 4.78 is 7.42.